The Morgan fingerprint density at radius 2 is 2.35 bits per heavy atom. The minimum absolute atomic E-state index is 0.298. The van der Waals surface area contributed by atoms with Gasteiger partial charge in [-0.3, -0.25) is 4.90 Å². The van der Waals surface area contributed by atoms with Gasteiger partial charge in [0.15, 0.2) is 0 Å². The van der Waals surface area contributed by atoms with Crippen LogP contribution in [0.25, 0.3) is 0 Å². The number of pyridine rings is 1. The zero-order valence-electron chi connectivity index (χ0n) is 9.98. The Labute approximate surface area is 107 Å². The molecule has 1 saturated heterocycles. The first-order valence-corrected chi connectivity index (χ1v) is 6.63. The summed E-state index contributed by atoms with van der Waals surface area (Å²) in [4.78, 5) is 6.59. The van der Waals surface area contributed by atoms with Gasteiger partial charge in [0.1, 0.15) is 5.15 Å². The maximum Gasteiger partial charge on any atom is 0.129 e. The highest BCUT2D eigenvalue weighted by atomic mass is 35.5. The predicted octanol–water partition coefficient (Wildman–Crippen LogP) is 2.47. The molecule has 1 aromatic rings. The minimum atomic E-state index is 0.298. The number of aliphatic hydroxyl groups excluding tert-OH is 1. The average molecular weight is 255 g/mol. The molecule has 0 bridgehead atoms. The number of aliphatic hydroxyl groups is 1. The van der Waals surface area contributed by atoms with Crippen molar-refractivity contribution in [1.29, 1.82) is 0 Å². The fourth-order valence-corrected chi connectivity index (χ4v) is 2.60. The largest absolute Gasteiger partial charge is 0.396 e. The van der Waals surface area contributed by atoms with Crippen LogP contribution in [0.15, 0.2) is 18.3 Å². The van der Waals surface area contributed by atoms with Gasteiger partial charge < -0.3 is 5.11 Å². The number of hydrogen-bond donors (Lipinski definition) is 1. The lowest BCUT2D eigenvalue weighted by Crippen LogP contribution is -2.29. The van der Waals surface area contributed by atoms with Crippen LogP contribution in [0.1, 0.15) is 31.2 Å². The molecule has 4 heteroatoms. The number of halogens is 1. The van der Waals surface area contributed by atoms with Gasteiger partial charge in [-0.15, -0.1) is 0 Å². The third-order valence-corrected chi connectivity index (χ3v) is 3.59. The normalized spacial score (nSPS) is 20.9. The van der Waals surface area contributed by atoms with Crippen molar-refractivity contribution in [2.24, 2.45) is 0 Å². The molecule has 94 valence electrons. The Morgan fingerprint density at radius 3 is 3.06 bits per heavy atom. The summed E-state index contributed by atoms with van der Waals surface area (Å²) in [6.45, 7) is 2.39. The number of rotatable bonds is 5. The quantitative estimate of drug-likeness (QED) is 0.821. The maximum atomic E-state index is 8.89. The molecule has 1 N–H and O–H groups in total. The Balaban J connectivity index is 1.90. The van der Waals surface area contributed by atoms with Crippen LogP contribution in [0.3, 0.4) is 0 Å². The molecule has 0 amide bonds. The van der Waals surface area contributed by atoms with Gasteiger partial charge in [-0.2, -0.15) is 0 Å². The molecule has 0 radical (unpaired) electrons. The summed E-state index contributed by atoms with van der Waals surface area (Å²) in [5.74, 6) is 0. The second-order valence-electron chi connectivity index (χ2n) is 4.62. The highest BCUT2D eigenvalue weighted by Gasteiger charge is 2.23. The Morgan fingerprint density at radius 1 is 1.47 bits per heavy atom. The van der Waals surface area contributed by atoms with Gasteiger partial charge in [-0.1, -0.05) is 17.7 Å². The number of nitrogens with zero attached hydrogens (tertiary/aromatic N) is 2. The van der Waals surface area contributed by atoms with Gasteiger partial charge in [0.25, 0.3) is 0 Å². The predicted molar refractivity (Wildman–Crippen MR) is 69.0 cm³/mol. The van der Waals surface area contributed by atoms with Crippen LogP contribution in [-0.4, -0.2) is 34.2 Å². The first-order valence-electron chi connectivity index (χ1n) is 6.25. The van der Waals surface area contributed by atoms with Crippen LogP contribution < -0.4 is 0 Å². The molecular formula is C13H19ClN2O. The van der Waals surface area contributed by atoms with E-state index in [1.807, 2.05) is 18.3 Å². The van der Waals surface area contributed by atoms with E-state index < -0.39 is 0 Å². The van der Waals surface area contributed by atoms with E-state index in [4.69, 9.17) is 16.7 Å². The third-order valence-electron chi connectivity index (χ3n) is 3.37. The minimum Gasteiger partial charge on any atom is -0.396 e. The summed E-state index contributed by atoms with van der Waals surface area (Å²) in [7, 11) is 0. The standard InChI is InChI=1S/C13H19ClN2O/c14-13-6-5-11(9-15-13)10-16-7-1-3-12(16)4-2-8-17/h5-6,9,12,17H,1-4,7-8,10H2. The average Bonchev–Trinajstić information content (AvgIpc) is 2.77. The van der Waals surface area contributed by atoms with Gasteiger partial charge in [0.2, 0.25) is 0 Å². The smallest absolute Gasteiger partial charge is 0.129 e. The summed E-state index contributed by atoms with van der Waals surface area (Å²) in [5.41, 5.74) is 1.21. The molecule has 1 aliphatic heterocycles. The van der Waals surface area contributed by atoms with Gasteiger partial charge in [0.05, 0.1) is 0 Å². The van der Waals surface area contributed by atoms with Crippen molar-refractivity contribution in [3.05, 3.63) is 29.0 Å². The van der Waals surface area contributed by atoms with E-state index in [9.17, 15) is 0 Å². The number of aromatic nitrogens is 1. The summed E-state index contributed by atoms with van der Waals surface area (Å²) in [6, 6.07) is 4.50. The summed E-state index contributed by atoms with van der Waals surface area (Å²) in [5, 5.41) is 9.44. The monoisotopic (exact) mass is 254 g/mol. The first-order chi connectivity index (χ1) is 8.29. The second kappa shape index (κ2) is 6.34. The lowest BCUT2D eigenvalue weighted by molar-refractivity contribution is 0.210. The van der Waals surface area contributed by atoms with E-state index in [1.165, 1.54) is 18.4 Å². The zero-order valence-corrected chi connectivity index (χ0v) is 10.7. The Hall–Kier alpha value is -0.640. The summed E-state index contributed by atoms with van der Waals surface area (Å²) in [6.07, 6.45) is 6.36. The van der Waals surface area contributed by atoms with Crippen LogP contribution in [0.4, 0.5) is 0 Å². The molecule has 1 atom stereocenters. The Bertz CT molecular complexity index is 342. The molecule has 1 aromatic heterocycles. The SMILES string of the molecule is OCCCC1CCCN1Cc1ccc(Cl)nc1. The van der Waals surface area contributed by atoms with E-state index in [-0.39, 0.29) is 0 Å². The second-order valence-corrected chi connectivity index (χ2v) is 5.01. The van der Waals surface area contributed by atoms with Crippen LogP contribution in [0, 0.1) is 0 Å². The zero-order chi connectivity index (χ0) is 12.1. The number of hydrogen-bond acceptors (Lipinski definition) is 3. The molecule has 1 fully saturated rings. The molecule has 0 aliphatic carbocycles. The topological polar surface area (TPSA) is 36.4 Å². The van der Waals surface area contributed by atoms with Crippen LogP contribution in [-0.2, 0) is 6.54 Å². The number of likely N-dealkylation sites (tertiary alicyclic amines) is 1. The van der Waals surface area contributed by atoms with Crippen molar-refractivity contribution < 1.29 is 5.11 Å². The van der Waals surface area contributed by atoms with E-state index in [0.717, 1.165) is 25.9 Å². The van der Waals surface area contributed by atoms with Crippen LogP contribution in [0.2, 0.25) is 5.15 Å². The van der Waals surface area contributed by atoms with Crippen molar-refractivity contribution in [1.82, 2.24) is 9.88 Å². The van der Waals surface area contributed by atoms with Gasteiger partial charge >= 0.3 is 0 Å². The van der Waals surface area contributed by atoms with E-state index in [1.54, 1.807) is 0 Å². The maximum absolute atomic E-state index is 8.89. The molecule has 2 heterocycles. The van der Waals surface area contributed by atoms with Gasteiger partial charge in [-0.25, -0.2) is 4.98 Å². The van der Waals surface area contributed by atoms with Crippen molar-refractivity contribution in [3.8, 4) is 0 Å². The van der Waals surface area contributed by atoms with Crippen molar-refractivity contribution >= 4 is 11.6 Å². The lowest BCUT2D eigenvalue weighted by Gasteiger charge is -2.24. The van der Waals surface area contributed by atoms with Crippen LogP contribution >= 0.6 is 11.6 Å². The fraction of sp³-hybridized carbons (Fsp3) is 0.615. The van der Waals surface area contributed by atoms with Crippen LogP contribution in [0.5, 0.6) is 0 Å². The Kier molecular flexibility index (Phi) is 4.77. The molecule has 0 saturated carbocycles. The highest BCUT2D eigenvalue weighted by Crippen LogP contribution is 2.23. The molecule has 1 unspecified atom stereocenters. The molecule has 0 aromatic carbocycles. The van der Waals surface area contributed by atoms with Crippen molar-refractivity contribution in [3.63, 3.8) is 0 Å². The van der Waals surface area contributed by atoms with E-state index >= 15 is 0 Å². The highest BCUT2D eigenvalue weighted by molar-refractivity contribution is 6.29. The molecule has 3 nitrogen and oxygen atoms in total. The van der Waals surface area contributed by atoms with Gasteiger partial charge in [0, 0.05) is 25.4 Å². The summed E-state index contributed by atoms with van der Waals surface area (Å²) >= 11 is 5.77. The van der Waals surface area contributed by atoms with E-state index in [0.29, 0.717) is 17.8 Å². The lowest BCUT2D eigenvalue weighted by atomic mass is 10.1. The molecule has 17 heavy (non-hydrogen) atoms. The molecule has 2 rings (SSSR count). The first kappa shape index (κ1) is 12.8. The van der Waals surface area contributed by atoms with E-state index in [2.05, 4.69) is 9.88 Å². The fourth-order valence-electron chi connectivity index (χ4n) is 2.49. The molecule has 1 aliphatic rings. The molecule has 0 spiro atoms. The molecular weight excluding hydrogens is 236 g/mol. The third kappa shape index (κ3) is 3.66. The van der Waals surface area contributed by atoms with Gasteiger partial charge in [-0.05, 0) is 43.9 Å². The summed E-state index contributed by atoms with van der Waals surface area (Å²) < 4.78 is 0. The van der Waals surface area contributed by atoms with Crippen molar-refractivity contribution in [2.45, 2.75) is 38.3 Å². The van der Waals surface area contributed by atoms with Crippen molar-refractivity contribution in [2.75, 3.05) is 13.2 Å².